The predicted molar refractivity (Wildman–Crippen MR) is 102 cm³/mol. The molecule has 27 heavy (non-hydrogen) atoms. The summed E-state index contributed by atoms with van der Waals surface area (Å²) in [6.07, 6.45) is 6.42. The van der Waals surface area contributed by atoms with Gasteiger partial charge >= 0.3 is 0 Å². The highest BCUT2D eigenvalue weighted by Crippen LogP contribution is 2.21. The molecule has 0 saturated carbocycles. The first kappa shape index (κ1) is 19.5. The van der Waals surface area contributed by atoms with E-state index < -0.39 is 10.2 Å². The molecule has 0 atom stereocenters. The number of carbonyl (C=O) groups is 1. The van der Waals surface area contributed by atoms with Crippen molar-refractivity contribution >= 4 is 16.1 Å². The lowest BCUT2D eigenvalue weighted by atomic mass is 9.97. The lowest BCUT2D eigenvalue weighted by Crippen LogP contribution is -2.46. The Kier molecular flexibility index (Phi) is 5.93. The average molecular weight is 391 g/mol. The number of nitrogens with one attached hydrogen (secondary N) is 1. The molecule has 146 valence electrons. The number of aromatic nitrogens is 2. The van der Waals surface area contributed by atoms with Gasteiger partial charge in [-0.15, -0.1) is 0 Å². The van der Waals surface area contributed by atoms with Crippen molar-refractivity contribution in [3.63, 3.8) is 0 Å². The Morgan fingerprint density at radius 1 is 1.22 bits per heavy atom. The third-order valence-corrected chi connectivity index (χ3v) is 6.76. The van der Waals surface area contributed by atoms with Gasteiger partial charge in [-0.1, -0.05) is 12.1 Å². The molecule has 0 bridgehead atoms. The first-order valence-corrected chi connectivity index (χ1v) is 10.3. The van der Waals surface area contributed by atoms with Crippen LogP contribution in [0.1, 0.15) is 18.4 Å². The van der Waals surface area contributed by atoms with E-state index in [2.05, 4.69) is 10.3 Å². The summed E-state index contributed by atoms with van der Waals surface area (Å²) >= 11 is 0. The van der Waals surface area contributed by atoms with Gasteiger partial charge in [-0.25, -0.2) is 4.98 Å². The van der Waals surface area contributed by atoms with Gasteiger partial charge in [0.2, 0.25) is 5.91 Å². The van der Waals surface area contributed by atoms with Crippen LogP contribution in [0.2, 0.25) is 0 Å². The van der Waals surface area contributed by atoms with Gasteiger partial charge in [0.15, 0.2) is 0 Å². The van der Waals surface area contributed by atoms with E-state index in [0.29, 0.717) is 32.5 Å². The molecule has 1 aromatic heterocycles. The molecule has 2 aromatic rings. The molecule has 0 spiro atoms. The SMILES string of the molecule is CN(C)S(=O)(=O)N1CCC(C(=O)NCc2ccc(-n3ccnc3)cc2)CC1. The number of piperidine rings is 1. The summed E-state index contributed by atoms with van der Waals surface area (Å²) in [5, 5.41) is 2.96. The largest absolute Gasteiger partial charge is 0.352 e. The number of hydrogen-bond acceptors (Lipinski definition) is 4. The molecule has 0 aliphatic carbocycles. The zero-order valence-corrected chi connectivity index (χ0v) is 16.4. The smallest absolute Gasteiger partial charge is 0.281 e. The van der Waals surface area contributed by atoms with Gasteiger partial charge in [-0.3, -0.25) is 4.79 Å². The average Bonchev–Trinajstić information content (AvgIpc) is 3.21. The maximum atomic E-state index is 12.4. The summed E-state index contributed by atoms with van der Waals surface area (Å²) < 4.78 is 28.8. The van der Waals surface area contributed by atoms with Crippen LogP contribution < -0.4 is 5.32 Å². The zero-order chi connectivity index (χ0) is 19.4. The van der Waals surface area contributed by atoms with E-state index in [4.69, 9.17) is 0 Å². The number of hydrogen-bond donors (Lipinski definition) is 1. The molecule has 1 aliphatic heterocycles. The van der Waals surface area contributed by atoms with Crippen LogP contribution >= 0.6 is 0 Å². The second kappa shape index (κ2) is 8.20. The van der Waals surface area contributed by atoms with E-state index in [1.54, 1.807) is 12.5 Å². The fraction of sp³-hybridized carbons (Fsp3) is 0.444. The number of nitrogens with zero attached hydrogens (tertiary/aromatic N) is 4. The fourth-order valence-electron chi connectivity index (χ4n) is 3.11. The monoisotopic (exact) mass is 391 g/mol. The molecule has 8 nitrogen and oxygen atoms in total. The Morgan fingerprint density at radius 2 is 1.89 bits per heavy atom. The Hall–Kier alpha value is -2.23. The summed E-state index contributed by atoms with van der Waals surface area (Å²) in [6, 6.07) is 7.91. The highest BCUT2D eigenvalue weighted by atomic mass is 32.2. The van der Waals surface area contributed by atoms with E-state index in [1.807, 2.05) is 35.0 Å². The molecular weight excluding hydrogens is 366 g/mol. The van der Waals surface area contributed by atoms with E-state index >= 15 is 0 Å². The van der Waals surface area contributed by atoms with Crippen LogP contribution in [-0.4, -0.2) is 59.7 Å². The summed E-state index contributed by atoms with van der Waals surface area (Å²) in [7, 11) is -0.358. The molecule has 1 amide bonds. The highest BCUT2D eigenvalue weighted by molar-refractivity contribution is 7.86. The Labute approximate surface area is 160 Å². The molecule has 1 N–H and O–H groups in total. The molecule has 1 fully saturated rings. The van der Waals surface area contributed by atoms with Crippen LogP contribution in [0.5, 0.6) is 0 Å². The van der Waals surface area contributed by atoms with Crippen molar-refractivity contribution in [2.45, 2.75) is 19.4 Å². The third kappa shape index (κ3) is 4.55. The second-order valence-electron chi connectivity index (χ2n) is 6.82. The first-order valence-electron chi connectivity index (χ1n) is 8.90. The molecule has 1 aliphatic rings. The number of carbonyl (C=O) groups excluding carboxylic acids is 1. The minimum Gasteiger partial charge on any atom is -0.352 e. The van der Waals surface area contributed by atoms with E-state index in [9.17, 15) is 13.2 Å². The standard InChI is InChI=1S/C18H25N5O3S/c1-21(2)27(25,26)23-10-7-16(8-11-23)18(24)20-13-15-3-5-17(6-4-15)22-12-9-19-14-22/h3-6,9,12,14,16H,7-8,10-11,13H2,1-2H3,(H,20,24). The lowest BCUT2D eigenvalue weighted by molar-refractivity contribution is -0.126. The quantitative estimate of drug-likeness (QED) is 0.796. The van der Waals surface area contributed by atoms with Gasteiger partial charge in [0.05, 0.1) is 6.33 Å². The highest BCUT2D eigenvalue weighted by Gasteiger charge is 2.32. The summed E-state index contributed by atoms with van der Waals surface area (Å²) in [4.78, 5) is 16.4. The zero-order valence-electron chi connectivity index (χ0n) is 15.6. The van der Waals surface area contributed by atoms with E-state index in [0.717, 1.165) is 11.3 Å². The van der Waals surface area contributed by atoms with E-state index in [-0.39, 0.29) is 11.8 Å². The molecular formula is C18H25N5O3S. The van der Waals surface area contributed by atoms with Crippen molar-refractivity contribution in [2.75, 3.05) is 27.2 Å². The van der Waals surface area contributed by atoms with Crippen molar-refractivity contribution < 1.29 is 13.2 Å². The normalized spacial score (nSPS) is 16.6. The molecule has 1 aromatic carbocycles. The van der Waals surface area contributed by atoms with Gasteiger partial charge in [0.1, 0.15) is 0 Å². The van der Waals surface area contributed by atoms with Crippen molar-refractivity contribution in [1.82, 2.24) is 23.5 Å². The van der Waals surface area contributed by atoms with Crippen LogP contribution in [0, 0.1) is 5.92 Å². The number of amides is 1. The van der Waals surface area contributed by atoms with E-state index in [1.165, 1.54) is 22.7 Å². The number of benzene rings is 1. The minimum atomic E-state index is -3.40. The topological polar surface area (TPSA) is 87.5 Å². The lowest BCUT2D eigenvalue weighted by Gasteiger charge is -2.32. The first-order chi connectivity index (χ1) is 12.9. The van der Waals surface area contributed by atoms with Crippen molar-refractivity contribution in [3.05, 3.63) is 48.5 Å². The van der Waals surface area contributed by atoms with Crippen LogP contribution in [0.4, 0.5) is 0 Å². The summed E-state index contributed by atoms with van der Waals surface area (Å²) in [5.74, 6) is -0.167. The second-order valence-corrected chi connectivity index (χ2v) is 8.96. The maximum absolute atomic E-state index is 12.4. The fourth-order valence-corrected chi connectivity index (χ4v) is 4.25. The molecule has 0 unspecified atom stereocenters. The maximum Gasteiger partial charge on any atom is 0.281 e. The van der Waals surface area contributed by atoms with Gasteiger partial charge in [-0.05, 0) is 30.5 Å². The third-order valence-electron chi connectivity index (χ3n) is 4.82. The van der Waals surface area contributed by atoms with Crippen LogP contribution in [0.25, 0.3) is 5.69 Å². The van der Waals surface area contributed by atoms with Crippen molar-refractivity contribution in [3.8, 4) is 5.69 Å². The van der Waals surface area contributed by atoms with Crippen molar-refractivity contribution in [1.29, 1.82) is 0 Å². The van der Waals surface area contributed by atoms with Gasteiger partial charge in [0.25, 0.3) is 10.2 Å². The van der Waals surface area contributed by atoms with Crippen LogP contribution in [0.15, 0.2) is 43.0 Å². The summed E-state index contributed by atoms with van der Waals surface area (Å²) in [6.45, 7) is 1.20. The summed E-state index contributed by atoms with van der Waals surface area (Å²) in [5.41, 5.74) is 2.02. The molecule has 9 heteroatoms. The molecule has 2 heterocycles. The number of imidazole rings is 1. The van der Waals surface area contributed by atoms with Gasteiger partial charge in [0, 0.05) is 57.7 Å². The predicted octanol–water partition coefficient (Wildman–Crippen LogP) is 1.01. The molecule has 1 saturated heterocycles. The van der Waals surface area contributed by atoms with Crippen LogP contribution in [-0.2, 0) is 21.5 Å². The van der Waals surface area contributed by atoms with Gasteiger partial charge in [-0.2, -0.15) is 17.0 Å². The van der Waals surface area contributed by atoms with Crippen LogP contribution in [0.3, 0.4) is 0 Å². The van der Waals surface area contributed by atoms with Gasteiger partial charge < -0.3 is 9.88 Å². The Morgan fingerprint density at radius 3 is 2.44 bits per heavy atom. The van der Waals surface area contributed by atoms with Crippen molar-refractivity contribution in [2.24, 2.45) is 5.92 Å². The minimum absolute atomic E-state index is 0.0180. The Balaban J connectivity index is 1.49. The molecule has 3 rings (SSSR count). The molecule has 0 radical (unpaired) electrons. The number of rotatable bonds is 6. The Bertz CT molecular complexity index is 855.